The van der Waals surface area contributed by atoms with E-state index >= 15 is 0 Å². The Bertz CT molecular complexity index is 320. The summed E-state index contributed by atoms with van der Waals surface area (Å²) in [6, 6.07) is -1.23. The normalized spacial score (nSPS) is 18.5. The number of hydrogen-bond acceptors (Lipinski definition) is 5. The molecule has 1 aliphatic rings. The standard InChI is InChI=1S/C9H14N4O3.ClH/c10-2-1-8(14)13-7(9(15)16)3-6-4-11-5-12-6;/h4-7H,1-3,10H2,(H,13,14)(H,15,16);1H/t6?,7-;/m0./s1. The number of amides is 1. The maximum absolute atomic E-state index is 11.2. The molecule has 0 aromatic rings. The fourth-order valence-corrected chi connectivity index (χ4v) is 1.28. The fourth-order valence-electron chi connectivity index (χ4n) is 1.28. The molecule has 1 unspecified atom stereocenters. The summed E-state index contributed by atoms with van der Waals surface area (Å²) in [4.78, 5) is 29.8. The van der Waals surface area contributed by atoms with E-state index < -0.39 is 12.0 Å². The van der Waals surface area contributed by atoms with Gasteiger partial charge in [-0.05, 0) is 0 Å². The van der Waals surface area contributed by atoms with Gasteiger partial charge in [0, 0.05) is 25.6 Å². The third-order valence-electron chi connectivity index (χ3n) is 2.06. The molecule has 0 aliphatic carbocycles. The maximum atomic E-state index is 11.2. The summed E-state index contributed by atoms with van der Waals surface area (Å²) in [5.41, 5.74) is 5.19. The van der Waals surface area contributed by atoms with Crippen molar-refractivity contribution in [2.24, 2.45) is 15.7 Å². The number of carbonyl (C=O) groups excluding carboxylic acids is 1. The van der Waals surface area contributed by atoms with Gasteiger partial charge in [0.15, 0.2) is 0 Å². The summed E-state index contributed by atoms with van der Waals surface area (Å²) in [5.74, 6) is -1.45. The minimum Gasteiger partial charge on any atom is -0.480 e. The van der Waals surface area contributed by atoms with Crippen molar-refractivity contribution in [2.45, 2.75) is 24.9 Å². The van der Waals surface area contributed by atoms with Crippen LogP contribution in [-0.4, -0.2) is 48.2 Å². The van der Waals surface area contributed by atoms with Crippen molar-refractivity contribution < 1.29 is 14.7 Å². The molecule has 0 aromatic carbocycles. The van der Waals surface area contributed by atoms with Crippen LogP contribution in [0.4, 0.5) is 0 Å². The number of nitrogens with zero attached hydrogens (tertiary/aromatic N) is 2. The van der Waals surface area contributed by atoms with Crippen molar-refractivity contribution in [1.29, 1.82) is 0 Å². The Labute approximate surface area is 105 Å². The number of halogens is 1. The molecule has 4 N–H and O–H groups in total. The Kier molecular flexibility index (Phi) is 7.08. The molecule has 0 saturated carbocycles. The largest absolute Gasteiger partial charge is 0.480 e. The van der Waals surface area contributed by atoms with Gasteiger partial charge in [0.1, 0.15) is 12.4 Å². The first-order valence-corrected chi connectivity index (χ1v) is 4.90. The Morgan fingerprint density at radius 2 is 2.24 bits per heavy atom. The summed E-state index contributed by atoms with van der Waals surface area (Å²) >= 11 is 0. The number of carboxylic acid groups (broad SMARTS) is 1. The Morgan fingerprint density at radius 3 is 2.71 bits per heavy atom. The summed E-state index contributed by atoms with van der Waals surface area (Å²) in [6.07, 6.45) is 3.23. The molecule has 7 nitrogen and oxygen atoms in total. The number of aliphatic imine (C=N–C) groups is 2. The Morgan fingerprint density at radius 1 is 1.53 bits per heavy atom. The van der Waals surface area contributed by atoms with Crippen molar-refractivity contribution in [3.05, 3.63) is 0 Å². The second-order valence-corrected chi connectivity index (χ2v) is 3.36. The lowest BCUT2D eigenvalue weighted by Gasteiger charge is -2.15. The van der Waals surface area contributed by atoms with Crippen LogP contribution in [0.3, 0.4) is 0 Å². The third kappa shape index (κ3) is 5.41. The first kappa shape index (κ1) is 15.5. The number of carboxylic acids is 1. The smallest absolute Gasteiger partial charge is 0.326 e. The van der Waals surface area contributed by atoms with E-state index in [0.717, 1.165) is 0 Å². The zero-order chi connectivity index (χ0) is 12.0. The van der Waals surface area contributed by atoms with E-state index in [9.17, 15) is 9.59 Å². The molecular formula is C9H15ClN4O3. The molecule has 0 bridgehead atoms. The molecule has 0 spiro atoms. The third-order valence-corrected chi connectivity index (χ3v) is 2.06. The van der Waals surface area contributed by atoms with Crippen LogP contribution in [0, 0.1) is 0 Å². The zero-order valence-corrected chi connectivity index (χ0v) is 9.89. The van der Waals surface area contributed by atoms with Gasteiger partial charge in [0.25, 0.3) is 0 Å². The van der Waals surface area contributed by atoms with E-state index in [1.807, 2.05) is 0 Å². The minimum atomic E-state index is -1.08. The molecule has 1 rings (SSSR count). The number of nitrogens with two attached hydrogens (primary N) is 1. The van der Waals surface area contributed by atoms with Gasteiger partial charge in [0.2, 0.25) is 5.91 Å². The topological polar surface area (TPSA) is 117 Å². The van der Waals surface area contributed by atoms with Crippen LogP contribution >= 0.6 is 12.4 Å². The van der Waals surface area contributed by atoms with E-state index in [1.54, 1.807) is 6.21 Å². The number of carbonyl (C=O) groups is 2. The van der Waals surface area contributed by atoms with Crippen molar-refractivity contribution in [1.82, 2.24) is 5.32 Å². The first-order chi connectivity index (χ1) is 7.63. The average Bonchev–Trinajstić information content (AvgIpc) is 2.69. The lowest BCUT2D eigenvalue weighted by molar-refractivity contribution is -0.142. The van der Waals surface area contributed by atoms with Crippen molar-refractivity contribution >= 4 is 36.8 Å². The van der Waals surface area contributed by atoms with Crippen LogP contribution in [0.1, 0.15) is 12.8 Å². The molecule has 2 atom stereocenters. The Hall–Kier alpha value is -1.47. The van der Waals surface area contributed by atoms with Crippen LogP contribution in [0.5, 0.6) is 0 Å². The number of aliphatic carboxylic acids is 1. The predicted octanol–water partition coefficient (Wildman–Crippen LogP) is -0.802. The number of hydrogen-bond donors (Lipinski definition) is 3. The molecule has 0 saturated heterocycles. The molecule has 17 heavy (non-hydrogen) atoms. The molecule has 1 heterocycles. The van der Waals surface area contributed by atoms with E-state index in [-0.39, 0.29) is 43.7 Å². The highest BCUT2D eigenvalue weighted by Gasteiger charge is 2.23. The van der Waals surface area contributed by atoms with Gasteiger partial charge in [-0.2, -0.15) is 0 Å². The van der Waals surface area contributed by atoms with Gasteiger partial charge in [0.05, 0.1) is 6.04 Å². The van der Waals surface area contributed by atoms with Gasteiger partial charge in [-0.1, -0.05) is 0 Å². The minimum absolute atomic E-state index is 0. The highest BCUT2D eigenvalue weighted by Crippen LogP contribution is 2.04. The molecule has 1 amide bonds. The average molecular weight is 263 g/mol. The van der Waals surface area contributed by atoms with E-state index in [2.05, 4.69) is 15.3 Å². The predicted molar refractivity (Wildman–Crippen MR) is 65.9 cm³/mol. The zero-order valence-electron chi connectivity index (χ0n) is 9.07. The van der Waals surface area contributed by atoms with Crippen molar-refractivity contribution in [3.8, 4) is 0 Å². The summed E-state index contributed by atoms with van der Waals surface area (Å²) in [5, 5.41) is 11.3. The molecule has 0 aromatic heterocycles. The van der Waals surface area contributed by atoms with E-state index in [4.69, 9.17) is 10.8 Å². The van der Waals surface area contributed by atoms with Gasteiger partial charge in [-0.15, -0.1) is 12.4 Å². The van der Waals surface area contributed by atoms with Crippen molar-refractivity contribution in [2.75, 3.05) is 6.54 Å². The summed E-state index contributed by atoms with van der Waals surface area (Å²) in [6.45, 7) is 0.196. The van der Waals surface area contributed by atoms with Gasteiger partial charge >= 0.3 is 5.97 Å². The van der Waals surface area contributed by atoms with Crippen molar-refractivity contribution in [3.63, 3.8) is 0 Å². The van der Waals surface area contributed by atoms with Crippen LogP contribution in [0.2, 0.25) is 0 Å². The second-order valence-electron chi connectivity index (χ2n) is 3.36. The fraction of sp³-hybridized carbons (Fsp3) is 0.556. The molecular weight excluding hydrogens is 248 g/mol. The van der Waals surface area contributed by atoms with E-state index in [1.165, 1.54) is 6.34 Å². The van der Waals surface area contributed by atoms with Crippen LogP contribution in [0.15, 0.2) is 9.98 Å². The quantitative estimate of drug-likeness (QED) is 0.581. The van der Waals surface area contributed by atoms with Crippen LogP contribution < -0.4 is 11.1 Å². The summed E-state index contributed by atoms with van der Waals surface area (Å²) in [7, 11) is 0. The van der Waals surface area contributed by atoms with Crippen LogP contribution in [-0.2, 0) is 9.59 Å². The van der Waals surface area contributed by atoms with Gasteiger partial charge < -0.3 is 16.2 Å². The number of nitrogens with one attached hydrogen (secondary N) is 1. The maximum Gasteiger partial charge on any atom is 0.326 e. The van der Waals surface area contributed by atoms with Gasteiger partial charge in [-0.25, -0.2) is 9.79 Å². The molecule has 0 fully saturated rings. The second kappa shape index (κ2) is 7.75. The highest BCUT2D eigenvalue weighted by atomic mass is 35.5. The van der Waals surface area contributed by atoms with Gasteiger partial charge in [-0.3, -0.25) is 9.79 Å². The molecule has 1 aliphatic heterocycles. The molecule has 8 heteroatoms. The lowest BCUT2D eigenvalue weighted by atomic mass is 10.1. The lowest BCUT2D eigenvalue weighted by Crippen LogP contribution is -2.43. The Balaban J connectivity index is 0.00000256. The number of rotatable bonds is 6. The first-order valence-electron chi connectivity index (χ1n) is 4.90. The van der Waals surface area contributed by atoms with E-state index in [0.29, 0.717) is 0 Å². The van der Waals surface area contributed by atoms with Crippen LogP contribution in [0.25, 0.3) is 0 Å². The summed E-state index contributed by atoms with van der Waals surface area (Å²) < 4.78 is 0. The SMILES string of the molecule is Cl.NCCC(=O)N[C@@H](CC1C=NC=N1)C(=O)O. The monoisotopic (exact) mass is 262 g/mol. The highest BCUT2D eigenvalue weighted by molar-refractivity contribution is 5.86. The molecule has 96 valence electrons. The molecule has 0 radical (unpaired) electrons.